The van der Waals surface area contributed by atoms with Crippen molar-refractivity contribution in [2.24, 2.45) is 0 Å². The molecule has 0 fully saturated rings. The highest BCUT2D eigenvalue weighted by Crippen LogP contribution is 2.16. The van der Waals surface area contributed by atoms with E-state index in [-0.39, 0.29) is 0 Å². The van der Waals surface area contributed by atoms with Gasteiger partial charge in [0.05, 0.1) is 6.61 Å². The summed E-state index contributed by atoms with van der Waals surface area (Å²) in [5.74, 6) is 0. The number of hydrogen-bond acceptors (Lipinski definition) is 2. The summed E-state index contributed by atoms with van der Waals surface area (Å²) in [5, 5.41) is 5.91. The van der Waals surface area contributed by atoms with Gasteiger partial charge in [-0.05, 0) is 35.4 Å². The second-order valence-corrected chi connectivity index (χ2v) is 4.54. The highest BCUT2D eigenvalue weighted by atomic mass is 16.5. The molecule has 0 aliphatic carbocycles. The van der Waals surface area contributed by atoms with E-state index in [0.29, 0.717) is 0 Å². The Kier molecular flexibility index (Phi) is 5.60. The Bertz CT molecular complexity index is 534. The van der Waals surface area contributed by atoms with Crippen LogP contribution in [0.4, 0.5) is 0 Å². The minimum absolute atomic E-state index is 0.772. The third kappa shape index (κ3) is 4.51. The van der Waals surface area contributed by atoms with E-state index in [1.54, 1.807) is 7.11 Å². The van der Waals surface area contributed by atoms with E-state index in [1.807, 2.05) is 0 Å². The lowest BCUT2D eigenvalue weighted by Gasteiger charge is -2.01. The van der Waals surface area contributed by atoms with Gasteiger partial charge in [0.1, 0.15) is 0 Å². The number of nitrogens with one attached hydrogen (secondary N) is 1. The summed E-state index contributed by atoms with van der Waals surface area (Å²) in [5.41, 5.74) is 1.26. The molecule has 2 rings (SSSR count). The van der Waals surface area contributed by atoms with Crippen LogP contribution in [0.3, 0.4) is 0 Å². The number of hydrogen-bond donors (Lipinski definition) is 1. The first kappa shape index (κ1) is 13.8. The van der Waals surface area contributed by atoms with Crippen molar-refractivity contribution in [1.29, 1.82) is 0 Å². The van der Waals surface area contributed by atoms with Crippen LogP contribution in [0.2, 0.25) is 0 Å². The quantitative estimate of drug-likeness (QED) is 0.765. The molecular formula is C17H21NO. The fourth-order valence-electron chi connectivity index (χ4n) is 2.02. The van der Waals surface area contributed by atoms with Crippen LogP contribution in [0.15, 0.2) is 48.5 Å². The van der Waals surface area contributed by atoms with Crippen molar-refractivity contribution in [3.63, 3.8) is 0 Å². The lowest BCUT2D eigenvalue weighted by atomic mass is 10.1. The molecule has 0 aliphatic rings. The van der Waals surface area contributed by atoms with Gasteiger partial charge in [-0.1, -0.05) is 48.6 Å². The lowest BCUT2D eigenvalue weighted by Crippen LogP contribution is -2.19. The smallest absolute Gasteiger partial charge is 0.0587 e. The highest BCUT2D eigenvalue weighted by molar-refractivity contribution is 5.84. The summed E-state index contributed by atoms with van der Waals surface area (Å²) in [6.07, 6.45) is 5.44. The van der Waals surface area contributed by atoms with Crippen LogP contribution >= 0.6 is 0 Å². The molecule has 0 radical (unpaired) electrons. The van der Waals surface area contributed by atoms with Crippen LogP contribution in [-0.4, -0.2) is 26.8 Å². The van der Waals surface area contributed by atoms with Gasteiger partial charge in [-0.2, -0.15) is 0 Å². The van der Waals surface area contributed by atoms with Crippen LogP contribution in [0, 0.1) is 0 Å². The van der Waals surface area contributed by atoms with Crippen LogP contribution in [-0.2, 0) is 4.74 Å². The summed E-state index contributed by atoms with van der Waals surface area (Å²) in [6, 6.07) is 15.0. The Labute approximate surface area is 115 Å². The van der Waals surface area contributed by atoms with Crippen molar-refractivity contribution < 1.29 is 4.74 Å². The first-order valence-corrected chi connectivity index (χ1v) is 6.75. The lowest BCUT2D eigenvalue weighted by molar-refractivity contribution is 0.199. The molecule has 2 heteroatoms. The Morgan fingerprint density at radius 1 is 1.05 bits per heavy atom. The zero-order valence-electron chi connectivity index (χ0n) is 11.4. The van der Waals surface area contributed by atoms with Gasteiger partial charge in [0.15, 0.2) is 0 Å². The second kappa shape index (κ2) is 7.72. The molecule has 1 N–H and O–H groups in total. The molecule has 0 amide bonds. The van der Waals surface area contributed by atoms with Crippen molar-refractivity contribution in [2.45, 2.75) is 6.42 Å². The maximum Gasteiger partial charge on any atom is 0.0587 e. The van der Waals surface area contributed by atoms with E-state index >= 15 is 0 Å². The third-order valence-electron chi connectivity index (χ3n) is 3.05. The zero-order chi connectivity index (χ0) is 13.3. The molecule has 0 spiro atoms. The van der Waals surface area contributed by atoms with Crippen LogP contribution < -0.4 is 5.32 Å². The van der Waals surface area contributed by atoms with E-state index < -0.39 is 0 Å². The molecule has 0 aliphatic heterocycles. The molecule has 0 heterocycles. The Hall–Kier alpha value is -1.64. The van der Waals surface area contributed by atoms with Gasteiger partial charge in [-0.15, -0.1) is 0 Å². The van der Waals surface area contributed by atoms with E-state index in [0.717, 1.165) is 26.1 Å². The van der Waals surface area contributed by atoms with Crippen LogP contribution in [0.1, 0.15) is 12.0 Å². The maximum absolute atomic E-state index is 4.98. The normalized spacial score (nSPS) is 11.4. The minimum Gasteiger partial charge on any atom is -0.383 e. The van der Waals surface area contributed by atoms with Crippen molar-refractivity contribution >= 4 is 16.8 Å². The van der Waals surface area contributed by atoms with Crippen LogP contribution in [0.25, 0.3) is 16.8 Å². The van der Waals surface area contributed by atoms with Crippen LogP contribution in [0.5, 0.6) is 0 Å². The highest BCUT2D eigenvalue weighted by Gasteiger charge is 1.92. The predicted molar refractivity (Wildman–Crippen MR) is 82.3 cm³/mol. The third-order valence-corrected chi connectivity index (χ3v) is 3.05. The molecule has 19 heavy (non-hydrogen) atoms. The van der Waals surface area contributed by atoms with Gasteiger partial charge in [-0.3, -0.25) is 0 Å². The fourth-order valence-corrected chi connectivity index (χ4v) is 2.02. The molecule has 2 aromatic rings. The van der Waals surface area contributed by atoms with Crippen molar-refractivity contribution in [3.8, 4) is 0 Å². The number of ether oxygens (including phenoxy) is 1. The topological polar surface area (TPSA) is 21.3 Å². The SMILES string of the molecule is COCCNCCC=Cc1ccc2ccccc2c1. The van der Waals surface area contributed by atoms with Crippen molar-refractivity contribution in [2.75, 3.05) is 26.8 Å². The average Bonchev–Trinajstić information content (AvgIpc) is 2.46. The van der Waals surface area contributed by atoms with Gasteiger partial charge in [-0.25, -0.2) is 0 Å². The molecule has 0 unspecified atom stereocenters. The maximum atomic E-state index is 4.98. The molecule has 0 aromatic heterocycles. The number of rotatable bonds is 7. The largest absolute Gasteiger partial charge is 0.383 e. The van der Waals surface area contributed by atoms with Gasteiger partial charge in [0.25, 0.3) is 0 Å². The monoisotopic (exact) mass is 255 g/mol. The van der Waals surface area contributed by atoms with Gasteiger partial charge in [0.2, 0.25) is 0 Å². The number of benzene rings is 2. The molecule has 0 saturated heterocycles. The van der Waals surface area contributed by atoms with E-state index in [4.69, 9.17) is 4.74 Å². The zero-order valence-corrected chi connectivity index (χ0v) is 11.4. The predicted octanol–water partition coefficient (Wildman–Crippen LogP) is 3.48. The van der Waals surface area contributed by atoms with Crippen molar-refractivity contribution in [3.05, 3.63) is 54.1 Å². The Morgan fingerprint density at radius 3 is 2.74 bits per heavy atom. The minimum atomic E-state index is 0.772. The molecule has 0 saturated carbocycles. The summed E-state index contributed by atoms with van der Waals surface area (Å²) in [6.45, 7) is 2.68. The molecule has 0 atom stereocenters. The molecule has 2 aromatic carbocycles. The second-order valence-electron chi connectivity index (χ2n) is 4.54. The van der Waals surface area contributed by atoms with Gasteiger partial charge in [0, 0.05) is 13.7 Å². The summed E-state index contributed by atoms with van der Waals surface area (Å²) < 4.78 is 4.98. The average molecular weight is 255 g/mol. The first-order valence-electron chi connectivity index (χ1n) is 6.75. The Balaban J connectivity index is 1.83. The van der Waals surface area contributed by atoms with E-state index in [1.165, 1.54) is 16.3 Å². The Morgan fingerprint density at radius 2 is 1.89 bits per heavy atom. The fraction of sp³-hybridized carbons (Fsp3) is 0.294. The number of methoxy groups -OCH3 is 1. The van der Waals surface area contributed by atoms with Gasteiger partial charge < -0.3 is 10.1 Å². The molecular weight excluding hydrogens is 234 g/mol. The molecule has 100 valence electrons. The first-order chi connectivity index (χ1) is 9.40. The van der Waals surface area contributed by atoms with E-state index in [2.05, 4.69) is 59.9 Å². The molecule has 0 bridgehead atoms. The van der Waals surface area contributed by atoms with E-state index in [9.17, 15) is 0 Å². The molecule has 2 nitrogen and oxygen atoms in total. The number of fused-ring (bicyclic) bond motifs is 1. The van der Waals surface area contributed by atoms with Crippen molar-refractivity contribution in [1.82, 2.24) is 5.32 Å². The van der Waals surface area contributed by atoms with Gasteiger partial charge >= 0.3 is 0 Å². The summed E-state index contributed by atoms with van der Waals surface area (Å²) in [4.78, 5) is 0. The standard InChI is InChI=1S/C17H21NO/c1-19-13-12-18-11-5-4-6-15-9-10-16-7-2-3-8-17(16)14-15/h2-4,6-10,14,18H,5,11-13H2,1H3. The summed E-state index contributed by atoms with van der Waals surface area (Å²) >= 11 is 0. The summed E-state index contributed by atoms with van der Waals surface area (Å²) in [7, 11) is 1.72.